The average Bonchev–Trinajstić information content (AvgIpc) is 3.24. The van der Waals surface area contributed by atoms with Gasteiger partial charge in [0.15, 0.2) is 5.96 Å². The number of hydrogen-bond acceptors (Lipinski definition) is 2. The summed E-state index contributed by atoms with van der Waals surface area (Å²) in [6, 6.07) is 4.96. The molecule has 7 heteroatoms. The number of ether oxygens (including phenoxy) is 1. The number of hydrogen-bond donors (Lipinski definition) is 2. The molecule has 4 nitrogen and oxygen atoms in total. The van der Waals surface area contributed by atoms with Gasteiger partial charge in [0.2, 0.25) is 0 Å². The van der Waals surface area contributed by atoms with E-state index in [0.717, 1.165) is 18.9 Å². The summed E-state index contributed by atoms with van der Waals surface area (Å²) in [6.07, 6.45) is 0.846. The Hall–Kier alpha value is -0.600. The maximum Gasteiger partial charge on any atom is 0.191 e. The van der Waals surface area contributed by atoms with Gasteiger partial charge in [0, 0.05) is 36.2 Å². The van der Waals surface area contributed by atoms with Gasteiger partial charge in [-0.05, 0) is 39.3 Å². The Morgan fingerprint density at radius 3 is 2.75 bits per heavy atom. The van der Waals surface area contributed by atoms with Gasteiger partial charge in [-0.15, -0.1) is 24.0 Å². The van der Waals surface area contributed by atoms with Crippen molar-refractivity contribution >= 4 is 41.5 Å². The zero-order valence-corrected chi connectivity index (χ0v) is 17.6. The van der Waals surface area contributed by atoms with Crippen LogP contribution < -0.4 is 10.6 Å². The topological polar surface area (TPSA) is 45.7 Å². The third-order valence-electron chi connectivity index (χ3n) is 4.00. The second-order valence-corrected chi connectivity index (χ2v) is 6.79. The summed E-state index contributed by atoms with van der Waals surface area (Å²) < 4.78 is 19.4. The smallest absolute Gasteiger partial charge is 0.191 e. The summed E-state index contributed by atoms with van der Waals surface area (Å²) in [4.78, 5) is 4.55. The van der Waals surface area contributed by atoms with Crippen LogP contribution in [0.5, 0.6) is 0 Å². The number of guanidine groups is 1. The first-order valence-electron chi connectivity index (χ1n) is 7.92. The molecule has 1 saturated carbocycles. The zero-order valence-electron chi connectivity index (χ0n) is 14.5. The highest BCUT2D eigenvalue weighted by Crippen LogP contribution is 2.44. The van der Waals surface area contributed by atoms with E-state index in [-0.39, 0.29) is 47.4 Å². The van der Waals surface area contributed by atoms with Gasteiger partial charge in [0.25, 0.3) is 0 Å². The predicted octanol–water partition coefficient (Wildman–Crippen LogP) is 3.93. The van der Waals surface area contributed by atoms with Crippen LogP contribution in [0.1, 0.15) is 38.7 Å². The molecule has 1 aliphatic carbocycles. The maximum atomic E-state index is 14.0. The van der Waals surface area contributed by atoms with Gasteiger partial charge >= 0.3 is 0 Å². The van der Waals surface area contributed by atoms with Crippen molar-refractivity contribution in [1.29, 1.82) is 0 Å². The van der Waals surface area contributed by atoms with Crippen LogP contribution in [0.25, 0.3) is 0 Å². The first-order chi connectivity index (χ1) is 10.9. The number of halogens is 3. The lowest BCUT2D eigenvalue weighted by Gasteiger charge is -2.21. The number of benzene rings is 1. The molecule has 2 rings (SSSR count). The monoisotopic (exact) mass is 469 g/mol. The molecule has 24 heavy (non-hydrogen) atoms. The molecule has 0 radical (unpaired) electrons. The number of nitrogens with zero attached hydrogens (tertiary/aromatic N) is 1. The first-order valence-corrected chi connectivity index (χ1v) is 8.29. The molecule has 0 spiro atoms. The average molecular weight is 470 g/mol. The quantitative estimate of drug-likeness (QED) is 0.377. The Morgan fingerprint density at radius 2 is 2.17 bits per heavy atom. The van der Waals surface area contributed by atoms with Gasteiger partial charge in [-0.1, -0.05) is 17.7 Å². The highest BCUT2D eigenvalue weighted by atomic mass is 127. The van der Waals surface area contributed by atoms with Crippen molar-refractivity contribution < 1.29 is 9.13 Å². The largest absolute Gasteiger partial charge is 0.377 e. The van der Waals surface area contributed by atoms with Crippen LogP contribution in [0.3, 0.4) is 0 Å². The molecule has 0 aliphatic heterocycles. The molecule has 0 aromatic heterocycles. The molecule has 0 amide bonds. The second-order valence-electron chi connectivity index (χ2n) is 6.39. The van der Waals surface area contributed by atoms with Crippen LogP contribution in [0.2, 0.25) is 5.02 Å². The molecule has 1 aromatic carbocycles. The van der Waals surface area contributed by atoms with E-state index in [4.69, 9.17) is 16.3 Å². The Bertz CT molecular complexity index is 563. The Morgan fingerprint density at radius 1 is 1.46 bits per heavy atom. The Labute approximate surface area is 165 Å². The van der Waals surface area contributed by atoms with Crippen molar-refractivity contribution in [3.63, 3.8) is 0 Å². The van der Waals surface area contributed by atoms with Crippen LogP contribution in [0, 0.1) is 5.82 Å². The van der Waals surface area contributed by atoms with Crippen LogP contribution in [-0.4, -0.2) is 37.8 Å². The SMILES string of the molecule is CCNC(=NCC(C)(C)OC)NC1CC1c1c(F)cccc1Cl.I. The van der Waals surface area contributed by atoms with Crippen molar-refractivity contribution in [1.82, 2.24) is 10.6 Å². The van der Waals surface area contributed by atoms with Gasteiger partial charge in [0.1, 0.15) is 5.82 Å². The minimum atomic E-state index is -0.319. The summed E-state index contributed by atoms with van der Waals surface area (Å²) >= 11 is 6.14. The lowest BCUT2D eigenvalue weighted by atomic mass is 10.1. The normalized spacial score (nSPS) is 20.3. The minimum absolute atomic E-state index is 0. The molecule has 2 unspecified atom stereocenters. The third-order valence-corrected chi connectivity index (χ3v) is 4.33. The lowest BCUT2D eigenvalue weighted by Crippen LogP contribution is -2.40. The maximum absolute atomic E-state index is 14.0. The predicted molar refractivity (Wildman–Crippen MR) is 108 cm³/mol. The van der Waals surface area contributed by atoms with E-state index in [9.17, 15) is 4.39 Å². The van der Waals surface area contributed by atoms with Gasteiger partial charge in [0.05, 0.1) is 12.1 Å². The van der Waals surface area contributed by atoms with E-state index in [0.29, 0.717) is 17.1 Å². The minimum Gasteiger partial charge on any atom is -0.377 e. The van der Waals surface area contributed by atoms with E-state index < -0.39 is 0 Å². The molecular formula is C17H26ClFIN3O. The van der Waals surface area contributed by atoms with E-state index >= 15 is 0 Å². The van der Waals surface area contributed by atoms with E-state index in [1.54, 1.807) is 19.2 Å². The molecule has 1 fully saturated rings. The highest BCUT2D eigenvalue weighted by Gasteiger charge is 2.42. The first kappa shape index (κ1) is 21.4. The summed E-state index contributed by atoms with van der Waals surface area (Å²) in [7, 11) is 1.67. The second kappa shape index (κ2) is 9.20. The van der Waals surface area contributed by atoms with E-state index in [1.807, 2.05) is 20.8 Å². The molecule has 136 valence electrons. The van der Waals surface area contributed by atoms with Crippen LogP contribution in [-0.2, 0) is 4.74 Å². The summed E-state index contributed by atoms with van der Waals surface area (Å²) in [5.74, 6) is 0.565. The lowest BCUT2D eigenvalue weighted by molar-refractivity contribution is 0.0310. The third kappa shape index (κ3) is 5.74. The number of nitrogens with one attached hydrogen (secondary N) is 2. The Balaban J connectivity index is 0.00000288. The number of aliphatic imine (C=N–C) groups is 1. The molecule has 0 saturated heterocycles. The summed E-state index contributed by atoms with van der Waals surface area (Å²) in [5.41, 5.74) is 0.278. The van der Waals surface area contributed by atoms with Gasteiger partial charge < -0.3 is 15.4 Å². The van der Waals surface area contributed by atoms with Crippen molar-refractivity contribution in [3.05, 3.63) is 34.6 Å². The molecule has 0 bridgehead atoms. The van der Waals surface area contributed by atoms with Gasteiger partial charge in [-0.3, -0.25) is 4.99 Å². The fraction of sp³-hybridized carbons (Fsp3) is 0.588. The van der Waals surface area contributed by atoms with Crippen molar-refractivity contribution in [2.45, 2.75) is 44.8 Å². The van der Waals surface area contributed by atoms with Crippen molar-refractivity contribution in [3.8, 4) is 0 Å². The molecule has 2 N–H and O–H groups in total. The van der Waals surface area contributed by atoms with E-state index in [1.165, 1.54) is 6.07 Å². The fourth-order valence-electron chi connectivity index (χ4n) is 2.37. The summed E-state index contributed by atoms with van der Waals surface area (Å²) in [5, 5.41) is 7.05. The van der Waals surface area contributed by atoms with E-state index in [2.05, 4.69) is 15.6 Å². The molecule has 1 aromatic rings. The zero-order chi connectivity index (χ0) is 17.0. The van der Waals surface area contributed by atoms with Gasteiger partial charge in [-0.2, -0.15) is 0 Å². The Kier molecular flexibility index (Phi) is 8.22. The molecule has 2 atom stereocenters. The molecular weight excluding hydrogens is 444 g/mol. The fourth-order valence-corrected chi connectivity index (χ4v) is 2.67. The number of rotatable bonds is 6. The highest BCUT2D eigenvalue weighted by molar-refractivity contribution is 14.0. The summed E-state index contributed by atoms with van der Waals surface area (Å²) in [6.45, 7) is 7.28. The standard InChI is InChI=1S/C17H25ClFN3O.HI/c1-5-20-16(21-10-17(2,3)23-4)22-14-9-11(14)15-12(18)7-6-8-13(15)19;/h6-8,11,14H,5,9-10H2,1-4H3,(H2,20,21,22);1H. The van der Waals surface area contributed by atoms with Crippen LogP contribution in [0.4, 0.5) is 4.39 Å². The number of methoxy groups -OCH3 is 1. The van der Waals surface area contributed by atoms with Crippen molar-refractivity contribution in [2.24, 2.45) is 4.99 Å². The van der Waals surface area contributed by atoms with Gasteiger partial charge in [-0.25, -0.2) is 4.39 Å². The van der Waals surface area contributed by atoms with Crippen molar-refractivity contribution in [2.75, 3.05) is 20.2 Å². The van der Waals surface area contributed by atoms with Crippen LogP contribution >= 0.6 is 35.6 Å². The van der Waals surface area contributed by atoms with Crippen LogP contribution in [0.15, 0.2) is 23.2 Å². The molecule has 1 aliphatic rings. The molecule has 0 heterocycles.